The van der Waals surface area contributed by atoms with E-state index in [-0.39, 0.29) is 24.6 Å². The highest BCUT2D eigenvalue weighted by atomic mass is 19.4. The maximum absolute atomic E-state index is 11.3. The number of carboxylic acids is 1. The van der Waals surface area contributed by atoms with Crippen LogP contribution in [0, 0.1) is 0 Å². The minimum absolute atomic E-state index is 0.0594. The van der Waals surface area contributed by atoms with Gasteiger partial charge in [-0.3, -0.25) is 4.79 Å². The van der Waals surface area contributed by atoms with Crippen molar-refractivity contribution in [1.82, 2.24) is 0 Å². The number of alkyl halides is 3. The third kappa shape index (κ3) is 5.77. The molecule has 3 N–H and O–H groups in total. The molecule has 2 heterocycles. The number of rotatable bonds is 4. The van der Waals surface area contributed by atoms with E-state index in [0.717, 1.165) is 0 Å². The van der Waals surface area contributed by atoms with Crippen LogP contribution in [0.3, 0.4) is 0 Å². The molecule has 0 aromatic carbocycles. The third-order valence-corrected chi connectivity index (χ3v) is 3.59. The fraction of sp³-hybridized carbons (Fsp3) is 0.857. The molecule has 0 saturated carbocycles. The van der Waals surface area contributed by atoms with Crippen molar-refractivity contribution in [3.8, 4) is 0 Å². The molecule has 0 aliphatic carbocycles. The van der Waals surface area contributed by atoms with Crippen molar-refractivity contribution >= 4 is 11.9 Å². The molecule has 0 radical (unpaired) electrons. The van der Waals surface area contributed by atoms with E-state index in [9.17, 15) is 18.0 Å². The van der Waals surface area contributed by atoms with E-state index in [4.69, 9.17) is 34.6 Å². The van der Waals surface area contributed by atoms with Crippen LogP contribution in [0.25, 0.3) is 0 Å². The van der Waals surface area contributed by atoms with Gasteiger partial charge < -0.3 is 34.5 Å². The minimum Gasteiger partial charge on any atom is -0.475 e. The maximum Gasteiger partial charge on any atom is 0.490 e. The Labute approximate surface area is 147 Å². The molecular formula is C14H22F3NO8. The average Bonchev–Trinajstić information content (AvgIpc) is 2.97. The standard InChI is InChI=1S/C12H21NO6.C2HF3O2/c1-12(2)18-10-9(16-4)8(17-11(10)19-12)6(13)5-7(14)15-3;3-2(4,5)1(6)7/h6,8-11H,5,13H2,1-4H3;(H,6,7)/t6-,8-,9-,10-,11-;/m1./s1. The van der Waals surface area contributed by atoms with Crippen molar-refractivity contribution in [3.63, 3.8) is 0 Å². The molecule has 12 heteroatoms. The zero-order valence-corrected chi connectivity index (χ0v) is 14.6. The lowest BCUT2D eigenvalue weighted by Crippen LogP contribution is -2.47. The fourth-order valence-electron chi connectivity index (χ4n) is 2.51. The van der Waals surface area contributed by atoms with Gasteiger partial charge in [-0.05, 0) is 13.8 Å². The van der Waals surface area contributed by atoms with Crippen LogP contribution >= 0.6 is 0 Å². The van der Waals surface area contributed by atoms with Crippen molar-refractivity contribution in [2.75, 3.05) is 14.2 Å². The van der Waals surface area contributed by atoms with E-state index < -0.39 is 36.4 Å². The van der Waals surface area contributed by atoms with Gasteiger partial charge in [-0.2, -0.15) is 13.2 Å². The lowest BCUT2D eigenvalue weighted by atomic mass is 10.0. The Hall–Kier alpha value is -1.47. The average molecular weight is 389 g/mol. The predicted molar refractivity (Wildman–Crippen MR) is 77.8 cm³/mol. The van der Waals surface area contributed by atoms with E-state index in [2.05, 4.69) is 4.74 Å². The first-order valence-electron chi connectivity index (χ1n) is 7.48. The van der Waals surface area contributed by atoms with E-state index in [1.54, 1.807) is 7.11 Å². The Bertz CT molecular complexity index is 513. The normalized spacial score (nSPS) is 30.8. The number of methoxy groups -OCH3 is 2. The predicted octanol–water partition coefficient (Wildman–Crippen LogP) is 0.402. The first-order valence-corrected chi connectivity index (χ1v) is 7.48. The van der Waals surface area contributed by atoms with Crippen molar-refractivity contribution in [3.05, 3.63) is 0 Å². The summed E-state index contributed by atoms with van der Waals surface area (Å²) in [5, 5.41) is 7.12. The number of hydrogen-bond donors (Lipinski definition) is 2. The summed E-state index contributed by atoms with van der Waals surface area (Å²) < 4.78 is 58.8. The number of nitrogens with two attached hydrogens (primary N) is 1. The second-order valence-electron chi connectivity index (χ2n) is 6.02. The van der Waals surface area contributed by atoms with Crippen molar-refractivity contribution in [2.24, 2.45) is 5.73 Å². The number of ether oxygens (including phenoxy) is 5. The van der Waals surface area contributed by atoms with Crippen molar-refractivity contribution in [1.29, 1.82) is 0 Å². The number of carbonyl (C=O) groups is 2. The van der Waals surface area contributed by atoms with Gasteiger partial charge in [-0.15, -0.1) is 0 Å². The Morgan fingerprint density at radius 3 is 2.23 bits per heavy atom. The molecule has 0 aromatic heterocycles. The van der Waals surface area contributed by atoms with Gasteiger partial charge in [0.25, 0.3) is 0 Å². The van der Waals surface area contributed by atoms with Crippen LogP contribution < -0.4 is 5.73 Å². The molecule has 2 aliphatic heterocycles. The fourth-order valence-corrected chi connectivity index (χ4v) is 2.51. The van der Waals surface area contributed by atoms with E-state index in [1.807, 2.05) is 13.8 Å². The van der Waals surface area contributed by atoms with Gasteiger partial charge in [-0.25, -0.2) is 4.79 Å². The number of carbonyl (C=O) groups excluding carboxylic acids is 1. The number of fused-ring (bicyclic) bond motifs is 1. The van der Waals surface area contributed by atoms with Gasteiger partial charge in [0.1, 0.15) is 18.3 Å². The van der Waals surface area contributed by atoms with Gasteiger partial charge in [0.05, 0.1) is 13.5 Å². The van der Waals surface area contributed by atoms with Crippen LogP contribution in [0.5, 0.6) is 0 Å². The Kier molecular flexibility index (Phi) is 7.36. The lowest BCUT2D eigenvalue weighted by molar-refractivity contribution is -0.219. The van der Waals surface area contributed by atoms with Gasteiger partial charge in [0.15, 0.2) is 12.1 Å². The first-order chi connectivity index (χ1) is 11.8. The number of esters is 1. The quantitative estimate of drug-likeness (QED) is 0.657. The van der Waals surface area contributed by atoms with Crippen LogP contribution in [-0.2, 0) is 33.3 Å². The molecule has 0 spiro atoms. The van der Waals surface area contributed by atoms with Gasteiger partial charge >= 0.3 is 18.1 Å². The highest BCUT2D eigenvalue weighted by Gasteiger charge is 2.56. The molecule has 2 rings (SSSR count). The molecular weight excluding hydrogens is 367 g/mol. The minimum atomic E-state index is -5.08. The summed E-state index contributed by atoms with van der Waals surface area (Å²) in [6, 6.07) is -0.529. The molecule has 0 bridgehead atoms. The monoisotopic (exact) mass is 389 g/mol. The second-order valence-corrected chi connectivity index (χ2v) is 6.02. The summed E-state index contributed by atoms with van der Waals surface area (Å²) in [5.41, 5.74) is 5.98. The number of aliphatic carboxylic acids is 1. The molecule has 2 fully saturated rings. The number of hydrogen-bond acceptors (Lipinski definition) is 8. The Morgan fingerprint density at radius 2 is 1.81 bits per heavy atom. The van der Waals surface area contributed by atoms with Crippen LogP contribution in [0.2, 0.25) is 0 Å². The molecule has 9 nitrogen and oxygen atoms in total. The lowest BCUT2D eigenvalue weighted by Gasteiger charge is -2.27. The van der Waals surface area contributed by atoms with Crippen molar-refractivity contribution < 1.29 is 51.6 Å². The summed E-state index contributed by atoms with van der Waals surface area (Å²) in [7, 11) is 2.88. The van der Waals surface area contributed by atoms with Gasteiger partial charge in [0.2, 0.25) is 0 Å². The molecule has 0 unspecified atom stereocenters. The molecule has 26 heavy (non-hydrogen) atoms. The van der Waals surface area contributed by atoms with Gasteiger partial charge in [0, 0.05) is 13.2 Å². The summed E-state index contributed by atoms with van der Waals surface area (Å²) >= 11 is 0. The first kappa shape index (κ1) is 22.6. The molecule has 5 atom stereocenters. The SMILES string of the molecule is COC(=O)C[C@@H](N)[C@H]1O[C@@H]2OC(C)(C)O[C@@H]2[C@@H]1OC.O=C(O)C(F)(F)F. The van der Waals surface area contributed by atoms with Crippen LogP contribution in [0.1, 0.15) is 20.3 Å². The topological polar surface area (TPSA) is 127 Å². The second kappa shape index (κ2) is 8.48. The molecule has 152 valence electrons. The molecule has 2 saturated heterocycles. The summed E-state index contributed by atoms with van der Waals surface area (Å²) in [4.78, 5) is 20.2. The zero-order valence-electron chi connectivity index (χ0n) is 14.6. The summed E-state index contributed by atoms with van der Waals surface area (Å²) in [5.74, 6) is -3.85. The largest absolute Gasteiger partial charge is 0.490 e. The zero-order chi connectivity index (χ0) is 20.3. The summed E-state index contributed by atoms with van der Waals surface area (Å²) in [6.07, 6.45) is -6.71. The highest BCUT2D eigenvalue weighted by molar-refractivity contribution is 5.73. The van der Waals surface area contributed by atoms with E-state index >= 15 is 0 Å². The summed E-state index contributed by atoms with van der Waals surface area (Å²) in [6.45, 7) is 3.62. The molecule has 0 aromatic rings. The maximum atomic E-state index is 11.3. The smallest absolute Gasteiger partial charge is 0.475 e. The van der Waals surface area contributed by atoms with Crippen LogP contribution in [0.15, 0.2) is 0 Å². The Balaban J connectivity index is 0.000000412. The van der Waals surface area contributed by atoms with E-state index in [1.165, 1.54) is 7.11 Å². The Morgan fingerprint density at radius 1 is 1.27 bits per heavy atom. The van der Waals surface area contributed by atoms with Gasteiger partial charge in [-0.1, -0.05) is 0 Å². The molecule has 0 amide bonds. The number of halogens is 3. The van der Waals surface area contributed by atoms with Crippen molar-refractivity contribution in [2.45, 2.75) is 62.9 Å². The number of carboxylic acid groups (broad SMARTS) is 1. The van der Waals surface area contributed by atoms with Crippen LogP contribution in [0.4, 0.5) is 13.2 Å². The van der Waals surface area contributed by atoms with Crippen LogP contribution in [-0.4, -0.2) is 73.9 Å². The highest BCUT2D eigenvalue weighted by Crippen LogP contribution is 2.39. The molecule has 2 aliphatic rings. The van der Waals surface area contributed by atoms with E-state index in [0.29, 0.717) is 0 Å². The third-order valence-electron chi connectivity index (χ3n) is 3.59.